The summed E-state index contributed by atoms with van der Waals surface area (Å²) in [6.45, 7) is 2.67. The molecule has 0 bridgehead atoms. The van der Waals surface area contributed by atoms with Gasteiger partial charge in [0.25, 0.3) is 0 Å². The van der Waals surface area contributed by atoms with Gasteiger partial charge >= 0.3 is 11.8 Å². The van der Waals surface area contributed by atoms with E-state index in [9.17, 15) is 9.59 Å². The number of amides is 2. The lowest BCUT2D eigenvalue weighted by atomic mass is 10.1. The molecule has 0 radical (unpaired) electrons. The lowest BCUT2D eigenvalue weighted by Gasteiger charge is -2.07. The second-order valence-corrected chi connectivity index (χ2v) is 6.45. The van der Waals surface area contributed by atoms with E-state index in [4.69, 9.17) is 0 Å². The minimum Gasteiger partial charge on any atom is -0.348 e. The van der Waals surface area contributed by atoms with Crippen LogP contribution >= 0.6 is 0 Å². The van der Waals surface area contributed by atoms with E-state index in [1.807, 2.05) is 42.5 Å². The summed E-state index contributed by atoms with van der Waals surface area (Å²) >= 11 is 0. The van der Waals surface area contributed by atoms with E-state index in [2.05, 4.69) is 29.7 Å². The standard InChI is InChI=1S/C22H28N2O2/c1-2-3-9-19-13-15-20(16-14-19)24-22(26)21(25)23-17-8-7-12-18-10-5-4-6-11-18/h4-6,10-11,13-16H,2-3,7-9,12,17H2,1H3,(H,23,25)(H,24,26). The summed E-state index contributed by atoms with van der Waals surface area (Å²) in [7, 11) is 0. The Kier molecular flexibility index (Phi) is 8.40. The first kappa shape index (κ1) is 19.7. The third kappa shape index (κ3) is 7.09. The Bertz CT molecular complexity index is 681. The number of anilines is 1. The molecule has 0 heterocycles. The van der Waals surface area contributed by atoms with Crippen molar-refractivity contribution in [3.05, 3.63) is 65.7 Å². The molecule has 0 aliphatic heterocycles. The van der Waals surface area contributed by atoms with E-state index >= 15 is 0 Å². The summed E-state index contributed by atoms with van der Waals surface area (Å²) < 4.78 is 0. The fourth-order valence-corrected chi connectivity index (χ4v) is 2.70. The molecule has 4 heteroatoms. The van der Waals surface area contributed by atoms with Crippen molar-refractivity contribution in [2.75, 3.05) is 11.9 Å². The van der Waals surface area contributed by atoms with Gasteiger partial charge in [-0.05, 0) is 55.4 Å². The number of unbranched alkanes of at least 4 members (excludes halogenated alkanes) is 2. The van der Waals surface area contributed by atoms with Crippen molar-refractivity contribution in [1.29, 1.82) is 0 Å². The van der Waals surface area contributed by atoms with Gasteiger partial charge in [0.2, 0.25) is 0 Å². The highest BCUT2D eigenvalue weighted by molar-refractivity contribution is 6.39. The first-order valence-corrected chi connectivity index (χ1v) is 9.41. The number of hydrogen-bond acceptors (Lipinski definition) is 2. The number of hydrogen-bond donors (Lipinski definition) is 2. The molecule has 0 aliphatic carbocycles. The van der Waals surface area contributed by atoms with Gasteiger partial charge < -0.3 is 10.6 Å². The molecule has 2 amide bonds. The van der Waals surface area contributed by atoms with Gasteiger partial charge in [0, 0.05) is 12.2 Å². The Labute approximate surface area is 156 Å². The number of nitrogens with one attached hydrogen (secondary N) is 2. The van der Waals surface area contributed by atoms with E-state index < -0.39 is 11.8 Å². The van der Waals surface area contributed by atoms with Gasteiger partial charge in [0.1, 0.15) is 0 Å². The van der Waals surface area contributed by atoms with Crippen molar-refractivity contribution in [2.24, 2.45) is 0 Å². The molecule has 2 aromatic carbocycles. The molecule has 138 valence electrons. The fraction of sp³-hybridized carbons (Fsp3) is 0.364. The van der Waals surface area contributed by atoms with Crippen LogP contribution in [-0.4, -0.2) is 18.4 Å². The largest absolute Gasteiger partial charge is 0.348 e. The summed E-state index contributed by atoms with van der Waals surface area (Å²) in [5.74, 6) is -1.20. The van der Waals surface area contributed by atoms with Crippen molar-refractivity contribution in [3.63, 3.8) is 0 Å². The molecule has 0 aliphatic rings. The van der Waals surface area contributed by atoms with Crippen molar-refractivity contribution in [3.8, 4) is 0 Å². The fourth-order valence-electron chi connectivity index (χ4n) is 2.70. The topological polar surface area (TPSA) is 58.2 Å². The van der Waals surface area contributed by atoms with Gasteiger partial charge in [-0.1, -0.05) is 55.8 Å². The summed E-state index contributed by atoms with van der Waals surface area (Å²) in [6, 6.07) is 17.9. The predicted octanol–water partition coefficient (Wildman–Crippen LogP) is 4.11. The van der Waals surface area contributed by atoms with Crippen LogP contribution in [0.15, 0.2) is 54.6 Å². The highest BCUT2D eigenvalue weighted by Crippen LogP contribution is 2.11. The van der Waals surface area contributed by atoms with Crippen LogP contribution in [0.3, 0.4) is 0 Å². The van der Waals surface area contributed by atoms with E-state index in [1.165, 1.54) is 11.1 Å². The molecule has 0 aromatic heterocycles. The van der Waals surface area contributed by atoms with Crippen LogP contribution in [0.5, 0.6) is 0 Å². The van der Waals surface area contributed by atoms with Crippen LogP contribution in [0.25, 0.3) is 0 Å². The van der Waals surface area contributed by atoms with Crippen molar-refractivity contribution in [1.82, 2.24) is 5.32 Å². The van der Waals surface area contributed by atoms with Gasteiger partial charge in [-0.25, -0.2) is 0 Å². The van der Waals surface area contributed by atoms with Crippen LogP contribution < -0.4 is 10.6 Å². The third-order valence-electron chi connectivity index (χ3n) is 4.26. The number of carbonyl (C=O) groups excluding carboxylic acids is 2. The molecule has 4 nitrogen and oxygen atoms in total. The highest BCUT2D eigenvalue weighted by Gasteiger charge is 2.12. The van der Waals surface area contributed by atoms with E-state index in [1.54, 1.807) is 0 Å². The van der Waals surface area contributed by atoms with E-state index in [-0.39, 0.29) is 0 Å². The summed E-state index contributed by atoms with van der Waals surface area (Å²) in [6.07, 6.45) is 6.15. The zero-order valence-electron chi connectivity index (χ0n) is 15.5. The normalized spacial score (nSPS) is 10.3. The number of aryl methyl sites for hydroxylation is 2. The van der Waals surface area contributed by atoms with Crippen LogP contribution in [-0.2, 0) is 22.4 Å². The molecule has 2 aromatic rings. The maximum atomic E-state index is 11.9. The van der Waals surface area contributed by atoms with Crippen molar-refractivity contribution < 1.29 is 9.59 Å². The molecule has 0 atom stereocenters. The number of rotatable bonds is 9. The number of carbonyl (C=O) groups is 2. The van der Waals surface area contributed by atoms with Crippen LogP contribution in [0.2, 0.25) is 0 Å². The molecular weight excluding hydrogens is 324 g/mol. The van der Waals surface area contributed by atoms with E-state index in [0.717, 1.165) is 38.5 Å². The van der Waals surface area contributed by atoms with Gasteiger partial charge in [0.05, 0.1) is 0 Å². The smallest absolute Gasteiger partial charge is 0.313 e. The summed E-state index contributed by atoms with van der Waals surface area (Å²) in [4.78, 5) is 23.8. The van der Waals surface area contributed by atoms with E-state index in [0.29, 0.717) is 12.2 Å². The SMILES string of the molecule is CCCCc1ccc(NC(=O)C(=O)NCCCCc2ccccc2)cc1. The summed E-state index contributed by atoms with van der Waals surface area (Å²) in [5, 5.41) is 5.32. The molecular formula is C22H28N2O2. The molecule has 2 N–H and O–H groups in total. The lowest BCUT2D eigenvalue weighted by Crippen LogP contribution is -2.35. The highest BCUT2D eigenvalue weighted by atomic mass is 16.2. The van der Waals surface area contributed by atoms with Crippen molar-refractivity contribution >= 4 is 17.5 Å². The Morgan fingerprint density at radius 3 is 2.12 bits per heavy atom. The Hall–Kier alpha value is -2.62. The first-order valence-electron chi connectivity index (χ1n) is 9.41. The molecule has 0 spiro atoms. The Morgan fingerprint density at radius 1 is 0.769 bits per heavy atom. The Balaban J connectivity index is 1.64. The molecule has 0 saturated heterocycles. The molecule has 0 unspecified atom stereocenters. The van der Waals surface area contributed by atoms with Gasteiger partial charge in [-0.3, -0.25) is 9.59 Å². The maximum Gasteiger partial charge on any atom is 0.313 e. The van der Waals surface area contributed by atoms with Crippen LogP contribution in [0.1, 0.15) is 43.7 Å². The minimum absolute atomic E-state index is 0.509. The first-order chi connectivity index (χ1) is 12.7. The molecule has 26 heavy (non-hydrogen) atoms. The molecule has 0 fully saturated rings. The van der Waals surface area contributed by atoms with Gasteiger partial charge in [-0.15, -0.1) is 0 Å². The van der Waals surface area contributed by atoms with Crippen LogP contribution in [0, 0.1) is 0 Å². The van der Waals surface area contributed by atoms with Crippen molar-refractivity contribution in [2.45, 2.75) is 45.4 Å². The average molecular weight is 352 g/mol. The second kappa shape index (κ2) is 11.1. The lowest BCUT2D eigenvalue weighted by molar-refractivity contribution is -0.136. The molecule has 2 rings (SSSR count). The maximum absolute atomic E-state index is 11.9. The zero-order chi connectivity index (χ0) is 18.6. The third-order valence-corrected chi connectivity index (χ3v) is 4.26. The monoisotopic (exact) mass is 352 g/mol. The minimum atomic E-state index is -0.616. The zero-order valence-corrected chi connectivity index (χ0v) is 15.5. The van der Waals surface area contributed by atoms with Gasteiger partial charge in [-0.2, -0.15) is 0 Å². The van der Waals surface area contributed by atoms with Crippen LogP contribution in [0.4, 0.5) is 5.69 Å². The molecule has 0 saturated carbocycles. The predicted molar refractivity (Wildman–Crippen MR) is 106 cm³/mol. The Morgan fingerprint density at radius 2 is 1.42 bits per heavy atom. The average Bonchev–Trinajstić information content (AvgIpc) is 2.67. The summed E-state index contributed by atoms with van der Waals surface area (Å²) in [5.41, 5.74) is 3.18. The quantitative estimate of drug-likeness (QED) is 0.527. The number of benzene rings is 2. The van der Waals surface area contributed by atoms with Gasteiger partial charge in [0.15, 0.2) is 0 Å². The second-order valence-electron chi connectivity index (χ2n) is 6.45.